The van der Waals surface area contributed by atoms with E-state index >= 15 is 0 Å². The van der Waals surface area contributed by atoms with Crippen LogP contribution in [0.15, 0.2) is 158 Å². The summed E-state index contributed by atoms with van der Waals surface area (Å²) < 4.78 is 0. The van der Waals surface area contributed by atoms with E-state index in [1.807, 2.05) is 102 Å². The number of hydrogen-bond acceptors (Lipinski definition) is 4. The van der Waals surface area contributed by atoms with Gasteiger partial charge >= 0.3 is 5.97 Å². The largest absolute Gasteiger partial charge is 0.478 e. The number of benzene rings is 6. The Bertz CT molecular complexity index is 1850. The first-order chi connectivity index (χ1) is 21.1. The van der Waals surface area contributed by atoms with Crippen LogP contribution in [0.4, 0.5) is 34.1 Å². The third-order valence-corrected chi connectivity index (χ3v) is 7.23. The van der Waals surface area contributed by atoms with Gasteiger partial charge in [0.05, 0.1) is 5.56 Å². The predicted molar refractivity (Wildman–Crippen MR) is 174 cm³/mol. The number of nitrogens with zero attached hydrogens (tertiary/aromatic N) is 2. The molecule has 0 aliphatic heterocycles. The molecule has 0 spiro atoms. The van der Waals surface area contributed by atoms with Crippen LogP contribution in [0.5, 0.6) is 0 Å². The summed E-state index contributed by atoms with van der Waals surface area (Å²) in [5.74, 6) is -0.962. The van der Waals surface area contributed by atoms with Gasteiger partial charge in [0.15, 0.2) is 0 Å². The number of carboxylic acid groups (broad SMARTS) is 1. The lowest BCUT2D eigenvalue weighted by molar-refractivity contribution is 0.0696. The number of para-hydroxylation sites is 2. The van der Waals surface area contributed by atoms with Gasteiger partial charge in [-0.15, -0.1) is 0 Å². The van der Waals surface area contributed by atoms with Crippen LogP contribution in [0.1, 0.15) is 20.7 Å². The highest BCUT2D eigenvalue weighted by Crippen LogP contribution is 2.38. The van der Waals surface area contributed by atoms with Crippen LogP contribution in [-0.4, -0.2) is 17.4 Å². The van der Waals surface area contributed by atoms with E-state index in [4.69, 9.17) is 0 Å². The Morgan fingerprint density at radius 2 is 0.884 bits per heavy atom. The first kappa shape index (κ1) is 27.2. The number of rotatable bonds is 9. The second kappa shape index (κ2) is 12.3. The Hall–Kier alpha value is -5.94. The smallest absolute Gasteiger partial charge is 0.335 e. The van der Waals surface area contributed by atoms with Gasteiger partial charge in [0, 0.05) is 39.7 Å². The number of aromatic carboxylic acids is 1. The quantitative estimate of drug-likeness (QED) is 0.178. The van der Waals surface area contributed by atoms with Crippen molar-refractivity contribution < 1.29 is 14.7 Å². The highest BCUT2D eigenvalue weighted by Gasteiger charge is 2.16. The molecule has 0 unspecified atom stereocenters. The zero-order valence-electron chi connectivity index (χ0n) is 23.2. The summed E-state index contributed by atoms with van der Waals surface area (Å²) in [6, 6.07) is 51.1. The van der Waals surface area contributed by atoms with Crippen LogP contribution in [0.25, 0.3) is 11.1 Å². The monoisotopic (exact) mass is 560 g/mol. The Balaban J connectivity index is 1.33. The minimum Gasteiger partial charge on any atom is -0.478 e. The molecule has 0 radical (unpaired) electrons. The fraction of sp³-hybridized carbons (Fsp3) is 0. The van der Waals surface area contributed by atoms with Gasteiger partial charge in [0.1, 0.15) is 6.29 Å². The summed E-state index contributed by atoms with van der Waals surface area (Å²) >= 11 is 0. The summed E-state index contributed by atoms with van der Waals surface area (Å²) in [6.45, 7) is 0. The van der Waals surface area contributed by atoms with Gasteiger partial charge in [-0.05, 0) is 90.0 Å². The lowest BCUT2D eigenvalue weighted by atomic mass is 10.0. The minimum atomic E-state index is -0.962. The second-order valence-electron chi connectivity index (χ2n) is 10.0. The highest BCUT2D eigenvalue weighted by molar-refractivity contribution is 5.90. The Kier molecular flexibility index (Phi) is 7.78. The van der Waals surface area contributed by atoms with E-state index in [1.165, 1.54) is 0 Å². The SMILES string of the molecule is O=Cc1cccc(N(c2ccccc2)c2ccc(-c3ccc(N(c4ccccc4)c4cccc(C(=O)O)c4)cc3)cc2)c1. The Morgan fingerprint density at radius 3 is 1.35 bits per heavy atom. The number of hydrogen-bond donors (Lipinski definition) is 1. The molecule has 5 nitrogen and oxygen atoms in total. The molecular weight excluding hydrogens is 532 g/mol. The van der Waals surface area contributed by atoms with Crippen molar-refractivity contribution in [1.29, 1.82) is 0 Å². The molecule has 6 aromatic rings. The number of anilines is 6. The number of carbonyl (C=O) groups excluding carboxylic acids is 1. The van der Waals surface area contributed by atoms with Crippen molar-refractivity contribution in [1.82, 2.24) is 0 Å². The molecule has 0 saturated carbocycles. The molecule has 0 bridgehead atoms. The van der Waals surface area contributed by atoms with Crippen LogP contribution in [-0.2, 0) is 0 Å². The van der Waals surface area contributed by atoms with Gasteiger partial charge in [-0.2, -0.15) is 0 Å². The van der Waals surface area contributed by atoms with E-state index in [0.717, 1.165) is 51.5 Å². The zero-order valence-corrected chi connectivity index (χ0v) is 23.2. The third-order valence-electron chi connectivity index (χ3n) is 7.23. The molecule has 0 fully saturated rings. The molecule has 6 aromatic carbocycles. The maximum atomic E-state index is 11.7. The number of carboxylic acids is 1. The molecule has 1 N–H and O–H groups in total. The van der Waals surface area contributed by atoms with E-state index in [1.54, 1.807) is 24.3 Å². The van der Waals surface area contributed by atoms with Crippen molar-refractivity contribution in [2.45, 2.75) is 0 Å². The summed E-state index contributed by atoms with van der Waals surface area (Å²) in [5, 5.41) is 9.57. The van der Waals surface area contributed by atoms with Crippen molar-refractivity contribution in [3.8, 4) is 11.1 Å². The summed E-state index contributed by atoms with van der Waals surface area (Å²) in [6.07, 6.45) is 0.862. The second-order valence-corrected chi connectivity index (χ2v) is 10.0. The van der Waals surface area contributed by atoms with E-state index in [0.29, 0.717) is 5.56 Å². The van der Waals surface area contributed by atoms with Crippen molar-refractivity contribution in [2.24, 2.45) is 0 Å². The average molecular weight is 561 g/mol. The molecule has 43 heavy (non-hydrogen) atoms. The lowest BCUT2D eigenvalue weighted by Crippen LogP contribution is -2.11. The van der Waals surface area contributed by atoms with Crippen molar-refractivity contribution in [3.05, 3.63) is 169 Å². The summed E-state index contributed by atoms with van der Waals surface area (Å²) in [7, 11) is 0. The van der Waals surface area contributed by atoms with Crippen LogP contribution in [0.2, 0.25) is 0 Å². The summed E-state index contributed by atoms with van der Waals surface area (Å²) in [4.78, 5) is 27.3. The average Bonchev–Trinajstić information content (AvgIpc) is 3.07. The van der Waals surface area contributed by atoms with Crippen LogP contribution >= 0.6 is 0 Å². The molecule has 0 saturated heterocycles. The molecule has 0 aliphatic carbocycles. The fourth-order valence-electron chi connectivity index (χ4n) is 5.17. The third kappa shape index (κ3) is 5.92. The number of aldehydes is 1. The molecule has 0 amide bonds. The molecule has 0 aromatic heterocycles. The standard InChI is InChI=1S/C38H28N2O3/c41-27-28-9-7-15-36(25-28)39(32-11-3-1-4-12-32)34-21-17-29(18-22-34)30-19-23-35(24-20-30)40(33-13-5-2-6-14-33)37-16-8-10-31(26-37)38(42)43/h1-27H,(H,42,43). The predicted octanol–water partition coefficient (Wildman–Crippen LogP) is 9.80. The molecule has 6 rings (SSSR count). The lowest BCUT2D eigenvalue weighted by Gasteiger charge is -2.26. The van der Waals surface area contributed by atoms with E-state index in [2.05, 4.69) is 41.3 Å². The molecule has 5 heteroatoms. The van der Waals surface area contributed by atoms with Gasteiger partial charge < -0.3 is 14.9 Å². The highest BCUT2D eigenvalue weighted by atomic mass is 16.4. The number of carbonyl (C=O) groups is 2. The van der Waals surface area contributed by atoms with E-state index in [9.17, 15) is 14.7 Å². The minimum absolute atomic E-state index is 0.234. The molecule has 0 aliphatic rings. The van der Waals surface area contributed by atoms with E-state index in [-0.39, 0.29) is 5.56 Å². The van der Waals surface area contributed by atoms with Gasteiger partial charge in [-0.1, -0.05) is 78.9 Å². The van der Waals surface area contributed by atoms with Gasteiger partial charge in [0.25, 0.3) is 0 Å². The molecule has 0 atom stereocenters. The molecular formula is C38H28N2O3. The Morgan fingerprint density at radius 1 is 0.465 bits per heavy atom. The zero-order chi connectivity index (χ0) is 29.6. The molecule has 208 valence electrons. The van der Waals surface area contributed by atoms with Gasteiger partial charge in [-0.3, -0.25) is 4.79 Å². The van der Waals surface area contributed by atoms with Gasteiger partial charge in [-0.25, -0.2) is 4.79 Å². The maximum absolute atomic E-state index is 11.7. The van der Waals surface area contributed by atoms with Gasteiger partial charge in [0.2, 0.25) is 0 Å². The van der Waals surface area contributed by atoms with E-state index < -0.39 is 5.97 Å². The topological polar surface area (TPSA) is 60.9 Å². The van der Waals surface area contributed by atoms with Crippen LogP contribution < -0.4 is 9.80 Å². The van der Waals surface area contributed by atoms with Crippen molar-refractivity contribution >= 4 is 46.4 Å². The van der Waals surface area contributed by atoms with Crippen molar-refractivity contribution in [2.75, 3.05) is 9.80 Å². The van der Waals surface area contributed by atoms with Crippen LogP contribution in [0, 0.1) is 0 Å². The normalized spacial score (nSPS) is 10.6. The maximum Gasteiger partial charge on any atom is 0.335 e. The summed E-state index contributed by atoms with van der Waals surface area (Å²) in [5.41, 5.74) is 8.46. The van der Waals surface area contributed by atoms with Crippen LogP contribution in [0.3, 0.4) is 0 Å². The first-order valence-electron chi connectivity index (χ1n) is 13.9. The first-order valence-corrected chi connectivity index (χ1v) is 13.9. The Labute approximate surface area is 250 Å². The molecule has 0 heterocycles. The van der Waals surface area contributed by atoms with Crippen molar-refractivity contribution in [3.63, 3.8) is 0 Å². The fourth-order valence-corrected chi connectivity index (χ4v) is 5.17.